The Morgan fingerprint density at radius 2 is 1.67 bits per heavy atom. The normalized spacial score (nSPS) is 21.8. The molecular formula is C33H43N11O2. The molecule has 13 heteroatoms. The standard InChI is InChI=1S/C33H43N11O2/c1-42-14-16-44(17-15-42)24-10-12-43(13-11-24)23-6-2-21(3-7-23)39-33-30(31(34)46)40-29(26-18-35-19-27-28(26)37-20-36-27)32(41-33)38-22-4-8-25(45)9-5-22/h2-3,6-7,18-20,22,24-25,45H,4-5,8-17H2,1H3,(H2,34,46)(H,36,37)(H2,38,39,41). The third-order valence-electron chi connectivity index (χ3n) is 9.77. The minimum absolute atomic E-state index is 0.0298. The van der Waals surface area contributed by atoms with Crippen LogP contribution in [0.4, 0.5) is 23.0 Å². The maximum absolute atomic E-state index is 12.7. The molecule has 7 rings (SSSR count). The van der Waals surface area contributed by atoms with Crippen LogP contribution in [0.3, 0.4) is 0 Å². The summed E-state index contributed by atoms with van der Waals surface area (Å²) in [6.45, 7) is 6.70. The lowest BCUT2D eigenvalue weighted by molar-refractivity contribution is 0.0982. The number of aliphatic hydroxyl groups is 1. The minimum atomic E-state index is -0.689. The Morgan fingerprint density at radius 1 is 0.935 bits per heavy atom. The molecular weight excluding hydrogens is 582 g/mol. The molecule has 1 amide bonds. The SMILES string of the molecule is CN1CCN(C2CCN(c3ccc(Nc4nc(NC5CCC(O)CC5)c(-c5cncc6[nH]cnc56)nc4C(N)=O)cc3)CC2)CC1. The summed E-state index contributed by atoms with van der Waals surface area (Å²) >= 11 is 0. The van der Waals surface area contributed by atoms with Crippen LogP contribution in [0.15, 0.2) is 43.0 Å². The molecule has 0 spiro atoms. The number of carbonyl (C=O) groups excluding carboxylic acids is 1. The molecule has 242 valence electrons. The van der Waals surface area contributed by atoms with Crippen LogP contribution in [0.2, 0.25) is 0 Å². The number of nitrogens with two attached hydrogens (primary N) is 1. The number of likely N-dealkylation sites (N-methyl/N-ethyl adjacent to an activating group) is 1. The molecule has 0 unspecified atom stereocenters. The second-order valence-corrected chi connectivity index (χ2v) is 12.8. The van der Waals surface area contributed by atoms with Gasteiger partial charge in [-0.1, -0.05) is 0 Å². The Bertz CT molecular complexity index is 1650. The summed E-state index contributed by atoms with van der Waals surface area (Å²) in [7, 11) is 2.20. The number of pyridine rings is 1. The van der Waals surface area contributed by atoms with E-state index in [-0.39, 0.29) is 23.7 Å². The van der Waals surface area contributed by atoms with Gasteiger partial charge in [-0.2, -0.15) is 0 Å². The number of aromatic amines is 1. The molecule has 3 aromatic heterocycles. The number of rotatable bonds is 8. The van der Waals surface area contributed by atoms with E-state index in [0.29, 0.717) is 41.5 Å². The van der Waals surface area contributed by atoms with E-state index in [1.165, 1.54) is 18.5 Å². The number of piperazine rings is 1. The Balaban J connectivity index is 1.12. The first-order valence-corrected chi connectivity index (χ1v) is 16.4. The number of H-pyrrole nitrogens is 1. The fourth-order valence-electron chi connectivity index (χ4n) is 7.00. The van der Waals surface area contributed by atoms with Gasteiger partial charge in [0.05, 0.1) is 29.7 Å². The predicted octanol–water partition coefficient (Wildman–Crippen LogP) is 3.19. The molecule has 6 N–H and O–H groups in total. The molecule has 5 heterocycles. The van der Waals surface area contributed by atoms with Crippen molar-refractivity contribution in [1.82, 2.24) is 34.7 Å². The quantitative estimate of drug-likeness (QED) is 0.195. The second kappa shape index (κ2) is 13.2. The van der Waals surface area contributed by atoms with Crippen molar-refractivity contribution in [2.45, 2.75) is 56.7 Å². The van der Waals surface area contributed by atoms with Crippen molar-refractivity contribution in [3.63, 3.8) is 0 Å². The van der Waals surface area contributed by atoms with Crippen LogP contribution in [0.1, 0.15) is 49.0 Å². The average Bonchev–Trinajstić information content (AvgIpc) is 3.56. The first-order chi connectivity index (χ1) is 22.4. The van der Waals surface area contributed by atoms with Crippen LogP contribution < -0.4 is 21.3 Å². The lowest BCUT2D eigenvalue weighted by Crippen LogP contribution is -2.52. The molecule has 13 nitrogen and oxygen atoms in total. The van der Waals surface area contributed by atoms with Gasteiger partial charge in [0.15, 0.2) is 17.3 Å². The zero-order chi connectivity index (χ0) is 31.6. The topological polar surface area (TPSA) is 164 Å². The smallest absolute Gasteiger partial charge is 0.271 e. The van der Waals surface area contributed by atoms with E-state index >= 15 is 0 Å². The summed E-state index contributed by atoms with van der Waals surface area (Å²) < 4.78 is 0. The summed E-state index contributed by atoms with van der Waals surface area (Å²) in [6, 6.07) is 8.99. The van der Waals surface area contributed by atoms with Gasteiger partial charge in [0.1, 0.15) is 11.2 Å². The highest BCUT2D eigenvalue weighted by molar-refractivity contribution is 5.99. The van der Waals surface area contributed by atoms with Gasteiger partial charge in [-0.3, -0.25) is 14.7 Å². The van der Waals surface area contributed by atoms with E-state index in [1.54, 1.807) is 18.7 Å². The molecule has 2 saturated heterocycles. The van der Waals surface area contributed by atoms with Crippen LogP contribution in [-0.2, 0) is 0 Å². The third kappa shape index (κ3) is 6.48. The van der Waals surface area contributed by atoms with Crippen molar-refractivity contribution in [3.05, 3.63) is 48.7 Å². The highest BCUT2D eigenvalue weighted by Gasteiger charge is 2.28. The van der Waals surface area contributed by atoms with E-state index in [2.05, 4.69) is 59.5 Å². The van der Waals surface area contributed by atoms with Crippen LogP contribution in [0.25, 0.3) is 22.3 Å². The van der Waals surface area contributed by atoms with E-state index in [4.69, 9.17) is 15.7 Å². The molecule has 3 fully saturated rings. The van der Waals surface area contributed by atoms with E-state index in [9.17, 15) is 9.90 Å². The number of primary amides is 1. The van der Waals surface area contributed by atoms with E-state index < -0.39 is 5.91 Å². The van der Waals surface area contributed by atoms with Gasteiger partial charge >= 0.3 is 0 Å². The van der Waals surface area contributed by atoms with Gasteiger partial charge in [0.25, 0.3) is 5.91 Å². The number of nitrogens with zero attached hydrogens (tertiary/aromatic N) is 7. The minimum Gasteiger partial charge on any atom is -0.393 e. The number of amides is 1. The number of imidazole rings is 1. The summed E-state index contributed by atoms with van der Waals surface area (Å²) in [5, 5.41) is 16.9. The molecule has 1 aromatic carbocycles. The Morgan fingerprint density at radius 3 is 2.39 bits per heavy atom. The summed E-state index contributed by atoms with van der Waals surface area (Å²) in [6.07, 6.45) is 10.0. The fraction of sp³-hybridized carbons (Fsp3) is 0.485. The second-order valence-electron chi connectivity index (χ2n) is 12.8. The van der Waals surface area contributed by atoms with E-state index in [0.717, 1.165) is 63.3 Å². The lowest BCUT2D eigenvalue weighted by atomic mass is 9.93. The monoisotopic (exact) mass is 625 g/mol. The largest absolute Gasteiger partial charge is 0.393 e. The van der Waals surface area contributed by atoms with Crippen LogP contribution in [-0.4, -0.2) is 110 Å². The molecule has 2 aliphatic heterocycles. The number of nitrogens with one attached hydrogen (secondary N) is 3. The Kier molecular flexibility index (Phi) is 8.69. The van der Waals surface area contributed by atoms with E-state index in [1.807, 2.05) is 12.1 Å². The maximum Gasteiger partial charge on any atom is 0.271 e. The van der Waals surface area contributed by atoms with Gasteiger partial charge in [0.2, 0.25) is 0 Å². The number of anilines is 4. The zero-order valence-electron chi connectivity index (χ0n) is 26.3. The molecule has 0 atom stereocenters. The number of aliphatic hydroxyl groups excluding tert-OH is 1. The summed E-state index contributed by atoms with van der Waals surface area (Å²) in [4.78, 5) is 41.9. The summed E-state index contributed by atoms with van der Waals surface area (Å²) in [5.74, 6) is 0.0918. The molecule has 0 bridgehead atoms. The van der Waals surface area contributed by atoms with Gasteiger partial charge in [0, 0.05) is 68.9 Å². The number of fused-ring (bicyclic) bond motifs is 1. The Labute approximate surface area is 268 Å². The molecule has 46 heavy (non-hydrogen) atoms. The summed E-state index contributed by atoms with van der Waals surface area (Å²) in [5.41, 5.74) is 10.4. The highest BCUT2D eigenvalue weighted by atomic mass is 16.3. The number of piperidine rings is 1. The number of hydrogen-bond acceptors (Lipinski definition) is 11. The van der Waals surface area contributed by atoms with Crippen molar-refractivity contribution in [3.8, 4) is 11.3 Å². The molecule has 0 radical (unpaired) electrons. The maximum atomic E-state index is 12.7. The van der Waals surface area contributed by atoms with Crippen molar-refractivity contribution < 1.29 is 9.90 Å². The molecule has 3 aliphatic rings. The molecule has 1 saturated carbocycles. The van der Waals surface area contributed by atoms with Crippen molar-refractivity contribution in [1.29, 1.82) is 0 Å². The first kappa shape index (κ1) is 30.3. The zero-order valence-corrected chi connectivity index (χ0v) is 26.3. The van der Waals surface area contributed by atoms with Crippen LogP contribution >= 0.6 is 0 Å². The average molecular weight is 626 g/mol. The molecule has 1 aliphatic carbocycles. The number of benzene rings is 1. The highest BCUT2D eigenvalue weighted by Crippen LogP contribution is 2.34. The Hall–Kier alpha value is -4.33. The lowest BCUT2D eigenvalue weighted by Gasteiger charge is -2.42. The van der Waals surface area contributed by atoms with Crippen LogP contribution in [0.5, 0.6) is 0 Å². The predicted molar refractivity (Wildman–Crippen MR) is 179 cm³/mol. The van der Waals surface area contributed by atoms with Gasteiger partial charge in [-0.25, -0.2) is 15.0 Å². The fourth-order valence-corrected chi connectivity index (χ4v) is 7.00. The third-order valence-corrected chi connectivity index (χ3v) is 9.77. The van der Waals surface area contributed by atoms with Gasteiger partial charge in [-0.15, -0.1) is 0 Å². The number of hydrogen-bond donors (Lipinski definition) is 5. The number of aromatic nitrogens is 5. The van der Waals surface area contributed by atoms with Gasteiger partial charge in [-0.05, 0) is 69.8 Å². The van der Waals surface area contributed by atoms with Crippen LogP contribution in [0, 0.1) is 0 Å². The van der Waals surface area contributed by atoms with Crippen molar-refractivity contribution >= 4 is 40.0 Å². The van der Waals surface area contributed by atoms with Gasteiger partial charge < -0.3 is 36.3 Å². The molecule has 4 aromatic rings. The number of carbonyl (C=O) groups is 1. The first-order valence-electron chi connectivity index (χ1n) is 16.4. The van der Waals surface area contributed by atoms with Crippen molar-refractivity contribution in [2.24, 2.45) is 5.73 Å². The van der Waals surface area contributed by atoms with Crippen molar-refractivity contribution in [2.75, 3.05) is 61.8 Å².